The van der Waals surface area contributed by atoms with E-state index in [1.165, 1.54) is 38.4 Å². The van der Waals surface area contributed by atoms with Crippen molar-refractivity contribution in [2.24, 2.45) is 0 Å². The van der Waals surface area contributed by atoms with Gasteiger partial charge in [0.1, 0.15) is 6.61 Å². The van der Waals surface area contributed by atoms with Crippen LogP contribution in [0.3, 0.4) is 0 Å². The van der Waals surface area contributed by atoms with Crippen molar-refractivity contribution in [2.75, 3.05) is 14.2 Å². The van der Waals surface area contributed by atoms with Crippen molar-refractivity contribution in [3.05, 3.63) is 65.2 Å². The van der Waals surface area contributed by atoms with E-state index in [4.69, 9.17) is 10.00 Å². The van der Waals surface area contributed by atoms with E-state index in [0.717, 1.165) is 4.47 Å². The number of benzene rings is 2. The molecule has 0 unspecified atom stereocenters. The van der Waals surface area contributed by atoms with Crippen LogP contribution in [0.5, 0.6) is 0 Å². The van der Waals surface area contributed by atoms with Crippen LogP contribution in [0, 0.1) is 11.3 Å². The summed E-state index contributed by atoms with van der Waals surface area (Å²) in [5.74, 6) is -0.614. The van der Waals surface area contributed by atoms with Crippen molar-refractivity contribution >= 4 is 16.0 Å². The first-order chi connectivity index (χ1) is 11.9. The lowest BCUT2D eigenvalue weighted by atomic mass is 10.1. The minimum atomic E-state index is -3.77. The van der Waals surface area contributed by atoms with E-state index in [0.29, 0.717) is 11.1 Å². The molecule has 130 valence electrons. The van der Waals surface area contributed by atoms with Gasteiger partial charge in [0, 0.05) is 12.6 Å². The molecule has 0 amide bonds. The van der Waals surface area contributed by atoms with Gasteiger partial charge >= 0.3 is 5.97 Å². The molecule has 2 aromatic rings. The number of carbonyl (C=O) groups is 1. The third-order valence-corrected chi connectivity index (χ3v) is 5.17. The number of nitriles is 1. The molecule has 0 saturated heterocycles. The molecular weight excluding hydrogens is 344 g/mol. The Morgan fingerprint density at radius 2 is 1.80 bits per heavy atom. The number of esters is 1. The van der Waals surface area contributed by atoms with Crippen LogP contribution in [0.15, 0.2) is 53.4 Å². The van der Waals surface area contributed by atoms with Gasteiger partial charge in [0.15, 0.2) is 0 Å². The SMILES string of the molecule is CON(C)S(=O)(=O)c1ccc(C(=O)OCc2ccccc2C#N)cc1. The Balaban J connectivity index is 2.10. The Bertz CT molecular complexity index is 901. The average Bonchev–Trinajstić information content (AvgIpc) is 2.65. The molecule has 0 heterocycles. The molecule has 0 atom stereocenters. The molecule has 0 bridgehead atoms. The third-order valence-electron chi connectivity index (χ3n) is 3.48. The van der Waals surface area contributed by atoms with E-state index < -0.39 is 16.0 Å². The molecule has 0 aromatic heterocycles. The maximum absolute atomic E-state index is 12.1. The van der Waals surface area contributed by atoms with Crippen molar-refractivity contribution < 1.29 is 22.8 Å². The van der Waals surface area contributed by atoms with Gasteiger partial charge in [-0.3, -0.25) is 4.84 Å². The lowest BCUT2D eigenvalue weighted by Gasteiger charge is -2.14. The quantitative estimate of drug-likeness (QED) is 0.578. The second kappa shape index (κ2) is 7.90. The van der Waals surface area contributed by atoms with E-state index in [2.05, 4.69) is 4.84 Å². The van der Waals surface area contributed by atoms with Crippen LogP contribution in [-0.2, 0) is 26.2 Å². The smallest absolute Gasteiger partial charge is 0.338 e. The van der Waals surface area contributed by atoms with Gasteiger partial charge in [0.05, 0.1) is 29.2 Å². The predicted octanol–water partition coefficient (Wildman–Crippen LogP) is 2.10. The number of hydroxylamine groups is 1. The molecule has 8 heteroatoms. The van der Waals surface area contributed by atoms with Gasteiger partial charge in [-0.15, -0.1) is 0 Å². The van der Waals surface area contributed by atoms with E-state index >= 15 is 0 Å². The zero-order valence-corrected chi connectivity index (χ0v) is 14.5. The molecule has 0 radical (unpaired) electrons. The highest BCUT2D eigenvalue weighted by atomic mass is 32.2. The molecule has 0 spiro atoms. The van der Waals surface area contributed by atoms with E-state index in [-0.39, 0.29) is 17.1 Å². The number of carbonyl (C=O) groups excluding carboxylic acids is 1. The molecule has 0 fully saturated rings. The van der Waals surface area contributed by atoms with Gasteiger partial charge in [0.25, 0.3) is 10.0 Å². The molecule has 25 heavy (non-hydrogen) atoms. The minimum absolute atomic E-state index is 0.0109. The van der Waals surface area contributed by atoms with Gasteiger partial charge in [-0.05, 0) is 30.3 Å². The van der Waals surface area contributed by atoms with Crippen molar-refractivity contribution in [2.45, 2.75) is 11.5 Å². The monoisotopic (exact) mass is 360 g/mol. The van der Waals surface area contributed by atoms with E-state index in [9.17, 15) is 13.2 Å². The normalized spacial score (nSPS) is 11.1. The van der Waals surface area contributed by atoms with Crippen LogP contribution in [0.4, 0.5) is 0 Å². The summed E-state index contributed by atoms with van der Waals surface area (Å²) in [4.78, 5) is 16.8. The third kappa shape index (κ3) is 4.22. The van der Waals surface area contributed by atoms with Crippen molar-refractivity contribution in [1.29, 1.82) is 5.26 Å². The van der Waals surface area contributed by atoms with E-state index in [1.807, 2.05) is 6.07 Å². The topological polar surface area (TPSA) is 96.7 Å². The summed E-state index contributed by atoms with van der Waals surface area (Å²) in [6, 6.07) is 14.1. The molecular formula is C17H16N2O5S. The van der Waals surface area contributed by atoms with Gasteiger partial charge in [-0.2, -0.15) is 5.26 Å². The number of nitrogens with zero attached hydrogens (tertiary/aromatic N) is 2. The van der Waals surface area contributed by atoms with E-state index in [1.54, 1.807) is 24.3 Å². The number of rotatable bonds is 6. The molecule has 0 aliphatic heterocycles. The van der Waals surface area contributed by atoms with Crippen LogP contribution in [0.25, 0.3) is 0 Å². The summed E-state index contributed by atoms with van der Waals surface area (Å²) in [5, 5.41) is 9.01. The summed E-state index contributed by atoms with van der Waals surface area (Å²) in [6.45, 7) is -0.0466. The molecule has 2 rings (SSSR count). The Morgan fingerprint density at radius 3 is 2.40 bits per heavy atom. The summed E-state index contributed by atoms with van der Waals surface area (Å²) >= 11 is 0. The van der Waals surface area contributed by atoms with Crippen molar-refractivity contribution in [3.63, 3.8) is 0 Å². The Hall–Kier alpha value is -2.73. The number of hydrogen-bond donors (Lipinski definition) is 0. The Kier molecular flexibility index (Phi) is 5.88. The molecule has 7 nitrogen and oxygen atoms in total. The molecule has 0 aliphatic carbocycles. The molecule has 2 aromatic carbocycles. The maximum atomic E-state index is 12.1. The highest BCUT2D eigenvalue weighted by Gasteiger charge is 2.21. The lowest BCUT2D eigenvalue weighted by molar-refractivity contribution is -0.0258. The standard InChI is InChI=1S/C17H16N2O5S/c1-19(23-2)25(21,22)16-9-7-13(8-10-16)17(20)24-12-15-6-4-3-5-14(15)11-18/h3-10H,12H2,1-2H3. The lowest BCUT2D eigenvalue weighted by Crippen LogP contribution is -2.25. The second-order valence-corrected chi connectivity index (χ2v) is 6.90. The van der Waals surface area contributed by atoms with Crippen LogP contribution in [-0.4, -0.2) is 33.0 Å². The van der Waals surface area contributed by atoms with Gasteiger partial charge in [0.2, 0.25) is 0 Å². The first-order valence-corrected chi connectivity index (χ1v) is 8.62. The Morgan fingerprint density at radius 1 is 1.16 bits per heavy atom. The number of sulfonamides is 1. The van der Waals surface area contributed by atoms with Crippen LogP contribution < -0.4 is 0 Å². The van der Waals surface area contributed by atoms with Gasteiger partial charge in [-0.1, -0.05) is 22.7 Å². The molecule has 0 saturated carbocycles. The summed E-state index contributed by atoms with van der Waals surface area (Å²) in [6.07, 6.45) is 0. The zero-order chi connectivity index (χ0) is 18.4. The van der Waals surface area contributed by atoms with Gasteiger partial charge in [-0.25, -0.2) is 13.2 Å². The number of hydrogen-bond acceptors (Lipinski definition) is 6. The molecule has 0 aliphatic rings. The minimum Gasteiger partial charge on any atom is -0.457 e. The highest BCUT2D eigenvalue weighted by Crippen LogP contribution is 2.16. The fourth-order valence-electron chi connectivity index (χ4n) is 1.99. The van der Waals surface area contributed by atoms with Crippen molar-refractivity contribution in [3.8, 4) is 6.07 Å². The second-order valence-electron chi connectivity index (χ2n) is 4.97. The maximum Gasteiger partial charge on any atom is 0.338 e. The highest BCUT2D eigenvalue weighted by molar-refractivity contribution is 7.89. The largest absolute Gasteiger partial charge is 0.457 e. The predicted molar refractivity (Wildman–Crippen MR) is 88.7 cm³/mol. The van der Waals surface area contributed by atoms with Gasteiger partial charge < -0.3 is 4.74 Å². The zero-order valence-electron chi connectivity index (χ0n) is 13.7. The number of ether oxygens (including phenoxy) is 1. The van der Waals surface area contributed by atoms with Crippen LogP contribution >= 0.6 is 0 Å². The first-order valence-electron chi connectivity index (χ1n) is 7.18. The first kappa shape index (κ1) is 18.6. The molecule has 0 N–H and O–H groups in total. The van der Waals surface area contributed by atoms with Crippen LogP contribution in [0.2, 0.25) is 0 Å². The summed E-state index contributed by atoms with van der Waals surface area (Å²) < 4.78 is 30.1. The average molecular weight is 360 g/mol. The fourth-order valence-corrected chi connectivity index (χ4v) is 2.96. The Labute approximate surface area is 146 Å². The summed E-state index contributed by atoms with van der Waals surface area (Å²) in [5.41, 5.74) is 1.23. The van der Waals surface area contributed by atoms with Crippen molar-refractivity contribution in [1.82, 2.24) is 4.47 Å². The fraction of sp³-hybridized carbons (Fsp3) is 0.176. The summed E-state index contributed by atoms with van der Waals surface area (Å²) in [7, 11) is -1.27. The van der Waals surface area contributed by atoms with Crippen LogP contribution in [0.1, 0.15) is 21.5 Å².